The number of ether oxygens (including phenoxy) is 1. The fourth-order valence-corrected chi connectivity index (χ4v) is 2.18. The second kappa shape index (κ2) is 9.93. The van der Waals surface area contributed by atoms with Gasteiger partial charge >= 0.3 is 0 Å². The smallest absolute Gasteiger partial charge is 0.271 e. The highest BCUT2D eigenvalue weighted by molar-refractivity contribution is 5.95. The van der Waals surface area contributed by atoms with Gasteiger partial charge in [0.2, 0.25) is 0 Å². The van der Waals surface area contributed by atoms with E-state index in [0.29, 0.717) is 6.61 Å². The maximum atomic E-state index is 12.0. The molecule has 0 aliphatic rings. The number of carbonyl (C=O) groups excluding carboxylic acids is 1. The van der Waals surface area contributed by atoms with Crippen LogP contribution in [0.25, 0.3) is 0 Å². The highest BCUT2D eigenvalue weighted by atomic mass is 16.6. The van der Waals surface area contributed by atoms with Gasteiger partial charge in [-0.2, -0.15) is 5.10 Å². The minimum atomic E-state index is -0.550. The van der Waals surface area contributed by atoms with Crippen LogP contribution in [0.5, 0.6) is 5.75 Å². The van der Waals surface area contributed by atoms with Crippen LogP contribution >= 0.6 is 0 Å². The molecule has 0 radical (unpaired) electrons. The molecule has 7 heteroatoms. The van der Waals surface area contributed by atoms with E-state index < -0.39 is 10.8 Å². The van der Waals surface area contributed by atoms with E-state index in [1.165, 1.54) is 30.5 Å². The molecule has 0 saturated carbocycles. The molecule has 0 aliphatic heterocycles. The number of unbranched alkanes of at least 4 members (excludes halogenated alkanes) is 2. The second-order valence-electron chi connectivity index (χ2n) is 5.63. The largest absolute Gasteiger partial charge is 0.494 e. The number of hydrazone groups is 1. The number of nitrogens with one attached hydrogen (secondary N) is 1. The van der Waals surface area contributed by atoms with Gasteiger partial charge in [-0.05, 0) is 42.3 Å². The van der Waals surface area contributed by atoms with E-state index in [1.807, 2.05) is 24.3 Å². The summed E-state index contributed by atoms with van der Waals surface area (Å²) in [4.78, 5) is 22.2. The van der Waals surface area contributed by atoms with Crippen LogP contribution in [-0.2, 0) is 0 Å². The summed E-state index contributed by atoms with van der Waals surface area (Å²) in [7, 11) is 0. The first-order valence-electron chi connectivity index (χ1n) is 8.41. The van der Waals surface area contributed by atoms with E-state index in [0.717, 1.165) is 30.6 Å². The van der Waals surface area contributed by atoms with Gasteiger partial charge in [0.1, 0.15) is 5.75 Å². The van der Waals surface area contributed by atoms with Crippen LogP contribution in [0.15, 0.2) is 53.6 Å². The van der Waals surface area contributed by atoms with Crippen LogP contribution in [-0.4, -0.2) is 23.7 Å². The molecule has 1 amide bonds. The quantitative estimate of drug-likeness (QED) is 0.319. The van der Waals surface area contributed by atoms with Gasteiger partial charge in [-0.25, -0.2) is 5.43 Å². The summed E-state index contributed by atoms with van der Waals surface area (Å²) in [6.45, 7) is 2.84. The van der Waals surface area contributed by atoms with Gasteiger partial charge in [0.05, 0.1) is 17.7 Å². The Hall–Kier alpha value is -3.22. The van der Waals surface area contributed by atoms with E-state index in [-0.39, 0.29) is 11.3 Å². The van der Waals surface area contributed by atoms with Crippen molar-refractivity contribution in [1.29, 1.82) is 0 Å². The maximum Gasteiger partial charge on any atom is 0.271 e. The first kappa shape index (κ1) is 19.1. The zero-order valence-corrected chi connectivity index (χ0v) is 14.6. The normalized spacial score (nSPS) is 10.7. The van der Waals surface area contributed by atoms with E-state index in [2.05, 4.69) is 17.5 Å². The molecule has 1 N–H and O–H groups in total. The van der Waals surface area contributed by atoms with Gasteiger partial charge in [-0.3, -0.25) is 14.9 Å². The molecule has 0 unspecified atom stereocenters. The van der Waals surface area contributed by atoms with Crippen molar-refractivity contribution in [3.63, 3.8) is 0 Å². The van der Waals surface area contributed by atoms with Crippen LogP contribution in [0.3, 0.4) is 0 Å². The summed E-state index contributed by atoms with van der Waals surface area (Å²) in [5.41, 5.74) is 3.18. The Morgan fingerprint density at radius 2 is 2.00 bits per heavy atom. The Kier molecular flexibility index (Phi) is 7.30. The number of hydrogen-bond donors (Lipinski definition) is 1. The average molecular weight is 355 g/mol. The van der Waals surface area contributed by atoms with Crippen molar-refractivity contribution >= 4 is 17.8 Å². The molecule has 0 fully saturated rings. The lowest BCUT2D eigenvalue weighted by Crippen LogP contribution is -2.17. The number of nitrogens with zero attached hydrogens (tertiary/aromatic N) is 2. The van der Waals surface area contributed by atoms with Gasteiger partial charge in [0.15, 0.2) is 0 Å². The fourth-order valence-electron chi connectivity index (χ4n) is 2.18. The Labute approximate surface area is 151 Å². The highest BCUT2D eigenvalue weighted by Gasteiger charge is 2.10. The molecule has 0 heterocycles. The topological polar surface area (TPSA) is 93.8 Å². The molecule has 2 aromatic carbocycles. The number of amides is 1. The molecule has 136 valence electrons. The lowest BCUT2D eigenvalue weighted by Gasteiger charge is -2.05. The number of nitro groups is 1. The first-order valence-corrected chi connectivity index (χ1v) is 8.41. The minimum Gasteiger partial charge on any atom is -0.494 e. The summed E-state index contributed by atoms with van der Waals surface area (Å²) >= 11 is 0. The Morgan fingerprint density at radius 3 is 2.69 bits per heavy atom. The molecular weight excluding hydrogens is 334 g/mol. The van der Waals surface area contributed by atoms with Crippen LogP contribution < -0.4 is 10.2 Å². The average Bonchev–Trinajstić information content (AvgIpc) is 2.66. The molecule has 2 rings (SSSR count). The summed E-state index contributed by atoms with van der Waals surface area (Å²) in [6, 6.07) is 12.8. The minimum absolute atomic E-state index is 0.142. The predicted octanol–water partition coefficient (Wildman–Crippen LogP) is 3.93. The van der Waals surface area contributed by atoms with Gasteiger partial charge in [0, 0.05) is 17.7 Å². The van der Waals surface area contributed by atoms with Crippen molar-refractivity contribution in [3.8, 4) is 5.75 Å². The van der Waals surface area contributed by atoms with E-state index in [1.54, 1.807) is 0 Å². The number of rotatable bonds is 9. The summed E-state index contributed by atoms with van der Waals surface area (Å²) in [5.74, 6) is 0.278. The Balaban J connectivity index is 1.86. The van der Waals surface area contributed by atoms with Crippen molar-refractivity contribution in [1.82, 2.24) is 5.43 Å². The summed E-state index contributed by atoms with van der Waals surface area (Å²) in [6.07, 6.45) is 4.83. The monoisotopic (exact) mass is 355 g/mol. The Morgan fingerprint density at radius 1 is 1.23 bits per heavy atom. The van der Waals surface area contributed by atoms with E-state index >= 15 is 0 Å². The van der Waals surface area contributed by atoms with Crippen LogP contribution in [0.4, 0.5) is 5.69 Å². The SMILES string of the molecule is CCCCCOc1ccc(/C=N\NC(=O)c2cccc([N+](=O)[O-])c2)cc1. The van der Waals surface area contributed by atoms with Gasteiger partial charge in [-0.1, -0.05) is 25.8 Å². The number of non-ortho nitro benzene ring substituents is 1. The molecule has 0 atom stereocenters. The van der Waals surface area contributed by atoms with Crippen LogP contribution in [0.2, 0.25) is 0 Å². The van der Waals surface area contributed by atoms with Crippen molar-refractivity contribution in [2.75, 3.05) is 6.61 Å². The third kappa shape index (κ3) is 6.01. The molecule has 0 aliphatic carbocycles. The second-order valence-corrected chi connectivity index (χ2v) is 5.63. The zero-order chi connectivity index (χ0) is 18.8. The molecular formula is C19H21N3O4. The molecule has 2 aromatic rings. The number of benzene rings is 2. The summed E-state index contributed by atoms with van der Waals surface area (Å²) in [5, 5.41) is 14.6. The lowest BCUT2D eigenvalue weighted by molar-refractivity contribution is -0.384. The van der Waals surface area contributed by atoms with Gasteiger partial charge in [-0.15, -0.1) is 0 Å². The third-order valence-corrected chi connectivity index (χ3v) is 3.60. The van der Waals surface area contributed by atoms with Gasteiger partial charge < -0.3 is 4.74 Å². The zero-order valence-electron chi connectivity index (χ0n) is 14.6. The maximum absolute atomic E-state index is 12.0. The summed E-state index contributed by atoms with van der Waals surface area (Å²) < 4.78 is 5.62. The van der Waals surface area contributed by atoms with Crippen molar-refractivity contribution in [2.45, 2.75) is 26.2 Å². The molecule has 0 aromatic heterocycles. The van der Waals surface area contributed by atoms with E-state index in [9.17, 15) is 14.9 Å². The van der Waals surface area contributed by atoms with E-state index in [4.69, 9.17) is 4.74 Å². The van der Waals surface area contributed by atoms with Crippen molar-refractivity contribution in [2.24, 2.45) is 5.10 Å². The number of carbonyl (C=O) groups is 1. The molecule has 7 nitrogen and oxygen atoms in total. The number of hydrogen-bond acceptors (Lipinski definition) is 5. The highest BCUT2D eigenvalue weighted by Crippen LogP contribution is 2.13. The van der Waals surface area contributed by atoms with Crippen LogP contribution in [0, 0.1) is 10.1 Å². The predicted molar refractivity (Wildman–Crippen MR) is 99.6 cm³/mol. The van der Waals surface area contributed by atoms with Crippen LogP contribution in [0.1, 0.15) is 42.1 Å². The lowest BCUT2D eigenvalue weighted by atomic mass is 10.2. The standard InChI is InChI=1S/C19H21N3O4/c1-2-3-4-12-26-18-10-8-15(9-11-18)14-20-21-19(23)16-6-5-7-17(13-16)22(24)25/h5-11,13-14H,2-4,12H2,1H3,(H,21,23)/b20-14-. The molecule has 0 saturated heterocycles. The van der Waals surface area contributed by atoms with Crippen molar-refractivity contribution in [3.05, 3.63) is 69.8 Å². The fraction of sp³-hybridized carbons (Fsp3) is 0.263. The molecule has 0 bridgehead atoms. The Bertz CT molecular complexity index is 773. The molecule has 0 spiro atoms. The number of nitro benzene ring substituents is 1. The third-order valence-electron chi connectivity index (χ3n) is 3.60. The molecule has 26 heavy (non-hydrogen) atoms. The van der Waals surface area contributed by atoms with Crippen molar-refractivity contribution < 1.29 is 14.5 Å². The van der Waals surface area contributed by atoms with Gasteiger partial charge in [0.25, 0.3) is 11.6 Å². The first-order chi connectivity index (χ1) is 12.6.